The minimum atomic E-state index is -0.876. The Morgan fingerprint density at radius 3 is 2.38 bits per heavy atom. The van der Waals surface area contributed by atoms with Crippen molar-refractivity contribution in [2.75, 3.05) is 24.5 Å². The number of hydrogen-bond acceptors (Lipinski definition) is 3. The summed E-state index contributed by atoms with van der Waals surface area (Å²) in [7, 11) is 0. The lowest BCUT2D eigenvalue weighted by Crippen LogP contribution is -2.39. The highest BCUT2D eigenvalue weighted by atomic mass is 35.5. The van der Waals surface area contributed by atoms with Gasteiger partial charge in [0.25, 0.3) is 0 Å². The first-order chi connectivity index (χ1) is 11.0. The normalized spacial score (nSPS) is 23.3. The smallest absolute Gasteiger partial charge is 0.308 e. The zero-order valence-corrected chi connectivity index (χ0v) is 14.3. The summed E-state index contributed by atoms with van der Waals surface area (Å²) in [5.74, 6) is -2.47. The van der Waals surface area contributed by atoms with E-state index in [1.807, 2.05) is 31.2 Å². The second-order valence-electron chi connectivity index (χ2n) is 6.27. The van der Waals surface area contributed by atoms with Gasteiger partial charge in [-0.1, -0.05) is 17.7 Å². The maximum absolute atomic E-state index is 12.6. The maximum Gasteiger partial charge on any atom is 0.308 e. The van der Waals surface area contributed by atoms with E-state index < -0.39 is 17.8 Å². The van der Waals surface area contributed by atoms with Gasteiger partial charge in [-0.05, 0) is 31.9 Å². The maximum atomic E-state index is 12.6. The zero-order chi connectivity index (χ0) is 16.6. The number of benzene rings is 1. The molecule has 2 aliphatic heterocycles. The molecular weight excluding hydrogens is 332 g/mol. The van der Waals surface area contributed by atoms with Crippen LogP contribution >= 0.6 is 12.4 Å². The van der Waals surface area contributed by atoms with Gasteiger partial charge in [0.2, 0.25) is 11.8 Å². The fourth-order valence-electron chi connectivity index (χ4n) is 3.27. The number of amides is 2. The van der Waals surface area contributed by atoms with Crippen molar-refractivity contribution >= 4 is 35.9 Å². The average molecular weight is 353 g/mol. The molecule has 2 aliphatic rings. The molecule has 1 aromatic rings. The molecule has 6 nitrogen and oxygen atoms in total. The first kappa shape index (κ1) is 18.3. The lowest BCUT2D eigenvalue weighted by Gasteiger charge is -2.20. The average Bonchev–Trinajstić information content (AvgIpc) is 3.15. The van der Waals surface area contributed by atoms with Crippen LogP contribution in [0.3, 0.4) is 0 Å². The molecule has 0 spiro atoms. The Kier molecular flexibility index (Phi) is 5.49. The third-order valence-corrected chi connectivity index (χ3v) is 4.70. The molecule has 130 valence electrons. The second kappa shape index (κ2) is 7.21. The van der Waals surface area contributed by atoms with Gasteiger partial charge in [-0.2, -0.15) is 0 Å². The Labute approximate surface area is 146 Å². The summed E-state index contributed by atoms with van der Waals surface area (Å²) < 4.78 is 0. The fraction of sp³-hybridized carbons (Fsp3) is 0.471. The molecule has 1 aromatic carbocycles. The van der Waals surface area contributed by atoms with Crippen LogP contribution in [0.2, 0.25) is 0 Å². The number of carbonyl (C=O) groups is 3. The van der Waals surface area contributed by atoms with Crippen LogP contribution in [0.25, 0.3) is 0 Å². The molecule has 0 saturated carbocycles. The number of hydrogen-bond donors (Lipinski definition) is 1. The SMILES string of the molecule is Cc1ccc(N2CCC(C(=O)N3CCC(C(=O)O)C3)C2=O)cc1.Cl. The van der Waals surface area contributed by atoms with Gasteiger partial charge in [-0.25, -0.2) is 0 Å². The number of aliphatic carboxylic acids is 1. The highest BCUT2D eigenvalue weighted by Crippen LogP contribution is 2.28. The van der Waals surface area contributed by atoms with E-state index in [9.17, 15) is 14.4 Å². The van der Waals surface area contributed by atoms with Crippen LogP contribution in [-0.4, -0.2) is 47.4 Å². The number of likely N-dealkylation sites (tertiary alicyclic amines) is 1. The van der Waals surface area contributed by atoms with Crippen molar-refractivity contribution in [3.63, 3.8) is 0 Å². The van der Waals surface area contributed by atoms with Crippen molar-refractivity contribution in [1.82, 2.24) is 4.90 Å². The van der Waals surface area contributed by atoms with Crippen LogP contribution in [0, 0.1) is 18.8 Å². The van der Waals surface area contributed by atoms with Crippen LogP contribution in [0.1, 0.15) is 18.4 Å². The topological polar surface area (TPSA) is 77.9 Å². The van der Waals surface area contributed by atoms with Gasteiger partial charge in [0.15, 0.2) is 0 Å². The molecule has 0 radical (unpaired) electrons. The summed E-state index contributed by atoms with van der Waals surface area (Å²) in [6, 6.07) is 7.65. The fourth-order valence-corrected chi connectivity index (χ4v) is 3.27. The second-order valence-corrected chi connectivity index (χ2v) is 6.27. The van der Waals surface area contributed by atoms with Gasteiger partial charge in [-0.3, -0.25) is 14.4 Å². The van der Waals surface area contributed by atoms with Crippen molar-refractivity contribution in [1.29, 1.82) is 0 Å². The number of nitrogens with zero attached hydrogens (tertiary/aromatic N) is 2. The van der Waals surface area contributed by atoms with Gasteiger partial charge in [0.05, 0.1) is 5.92 Å². The van der Waals surface area contributed by atoms with E-state index >= 15 is 0 Å². The van der Waals surface area contributed by atoms with E-state index in [0.717, 1.165) is 11.3 Å². The third-order valence-electron chi connectivity index (χ3n) is 4.70. The molecule has 24 heavy (non-hydrogen) atoms. The van der Waals surface area contributed by atoms with Crippen LogP contribution < -0.4 is 4.90 Å². The van der Waals surface area contributed by atoms with Crippen molar-refractivity contribution < 1.29 is 19.5 Å². The summed E-state index contributed by atoms with van der Waals surface area (Å²) in [6.45, 7) is 3.13. The molecule has 0 aliphatic carbocycles. The van der Waals surface area contributed by atoms with Crippen molar-refractivity contribution in [3.05, 3.63) is 29.8 Å². The van der Waals surface area contributed by atoms with Gasteiger partial charge < -0.3 is 14.9 Å². The summed E-state index contributed by atoms with van der Waals surface area (Å²) in [4.78, 5) is 39.3. The Morgan fingerprint density at radius 1 is 1.12 bits per heavy atom. The number of halogens is 1. The van der Waals surface area contributed by atoms with Crippen LogP contribution in [0.4, 0.5) is 5.69 Å². The van der Waals surface area contributed by atoms with Crippen molar-refractivity contribution in [2.24, 2.45) is 11.8 Å². The van der Waals surface area contributed by atoms with Crippen LogP contribution in [-0.2, 0) is 14.4 Å². The predicted octanol–water partition coefficient (Wildman–Crippen LogP) is 1.70. The Morgan fingerprint density at radius 2 is 1.79 bits per heavy atom. The Bertz CT molecular complexity index is 646. The molecule has 2 unspecified atom stereocenters. The number of carbonyl (C=O) groups excluding carboxylic acids is 2. The molecule has 1 N–H and O–H groups in total. The van der Waals surface area contributed by atoms with Crippen molar-refractivity contribution in [3.8, 4) is 0 Å². The van der Waals surface area contributed by atoms with Crippen LogP contribution in [0.5, 0.6) is 0 Å². The van der Waals surface area contributed by atoms with Gasteiger partial charge in [-0.15, -0.1) is 12.4 Å². The largest absolute Gasteiger partial charge is 0.481 e. The number of carboxylic acids is 1. The summed E-state index contributed by atoms with van der Waals surface area (Å²) >= 11 is 0. The minimum absolute atomic E-state index is 0. The Hall–Kier alpha value is -2.08. The van der Waals surface area contributed by atoms with Gasteiger partial charge in [0.1, 0.15) is 5.92 Å². The van der Waals surface area contributed by atoms with E-state index in [1.165, 1.54) is 4.90 Å². The lowest BCUT2D eigenvalue weighted by atomic mass is 10.1. The lowest BCUT2D eigenvalue weighted by molar-refractivity contribution is -0.142. The van der Waals surface area contributed by atoms with E-state index in [1.54, 1.807) is 4.90 Å². The van der Waals surface area contributed by atoms with Crippen LogP contribution in [0.15, 0.2) is 24.3 Å². The highest BCUT2D eigenvalue weighted by Gasteiger charge is 2.42. The minimum Gasteiger partial charge on any atom is -0.481 e. The number of rotatable bonds is 3. The monoisotopic (exact) mass is 352 g/mol. The summed E-state index contributed by atoms with van der Waals surface area (Å²) in [5, 5.41) is 9.03. The molecule has 0 bridgehead atoms. The first-order valence-electron chi connectivity index (χ1n) is 7.87. The molecule has 0 aromatic heterocycles. The molecule has 3 rings (SSSR count). The molecule has 2 heterocycles. The van der Waals surface area contributed by atoms with Gasteiger partial charge in [0, 0.05) is 25.3 Å². The quantitative estimate of drug-likeness (QED) is 0.840. The predicted molar refractivity (Wildman–Crippen MR) is 91.2 cm³/mol. The summed E-state index contributed by atoms with van der Waals surface area (Å²) in [5.41, 5.74) is 1.92. The number of anilines is 1. The highest BCUT2D eigenvalue weighted by molar-refractivity contribution is 6.09. The van der Waals surface area contributed by atoms with E-state index in [0.29, 0.717) is 25.9 Å². The van der Waals surface area contributed by atoms with Crippen molar-refractivity contribution in [2.45, 2.75) is 19.8 Å². The molecule has 2 saturated heterocycles. The molecule has 7 heteroatoms. The zero-order valence-electron chi connectivity index (χ0n) is 13.5. The molecule has 2 amide bonds. The third kappa shape index (κ3) is 3.38. The van der Waals surface area contributed by atoms with E-state index in [2.05, 4.69) is 0 Å². The number of carboxylic acid groups (broad SMARTS) is 1. The number of aryl methyl sites for hydroxylation is 1. The van der Waals surface area contributed by atoms with Gasteiger partial charge >= 0.3 is 5.97 Å². The first-order valence-corrected chi connectivity index (χ1v) is 7.87. The molecule has 2 atom stereocenters. The summed E-state index contributed by atoms with van der Waals surface area (Å²) in [6.07, 6.45) is 0.948. The van der Waals surface area contributed by atoms with E-state index in [4.69, 9.17) is 5.11 Å². The standard InChI is InChI=1S/C17H20N2O4.ClH/c1-11-2-4-13(5-3-11)19-9-7-14(16(19)21)15(20)18-8-6-12(10-18)17(22)23;/h2-5,12,14H,6-10H2,1H3,(H,22,23);1H. The molecule has 2 fully saturated rings. The van der Waals surface area contributed by atoms with E-state index in [-0.39, 0.29) is 30.8 Å². The molecular formula is C17H21ClN2O4. The Balaban J connectivity index is 0.00000208.